The van der Waals surface area contributed by atoms with E-state index in [4.69, 9.17) is 34.8 Å². The second kappa shape index (κ2) is 11.5. The van der Waals surface area contributed by atoms with Crippen LogP contribution in [-0.4, -0.2) is 36.2 Å². The molecule has 1 amide bonds. The molecule has 1 fully saturated rings. The normalized spacial score (nSPS) is 15.4. The van der Waals surface area contributed by atoms with Gasteiger partial charge in [-0.15, -0.1) is 0 Å². The van der Waals surface area contributed by atoms with Crippen molar-refractivity contribution >= 4 is 52.5 Å². The first-order chi connectivity index (χ1) is 14.0. The Morgan fingerprint density at radius 1 is 1.03 bits per heavy atom. The Morgan fingerprint density at radius 3 is 2.55 bits per heavy atom. The number of thioether (sulfide) groups is 1. The third kappa shape index (κ3) is 7.37. The van der Waals surface area contributed by atoms with Crippen LogP contribution in [0.3, 0.4) is 0 Å². The fraction of sp³-hybridized carbons (Fsp3) is 0.409. The molecule has 0 aliphatic carbocycles. The predicted molar refractivity (Wildman–Crippen MR) is 125 cm³/mol. The average Bonchev–Trinajstić information content (AvgIpc) is 2.71. The van der Waals surface area contributed by atoms with E-state index in [1.165, 1.54) is 5.56 Å². The number of carbonyl (C=O) groups excluding carboxylic acids is 1. The highest BCUT2D eigenvalue weighted by atomic mass is 35.5. The lowest BCUT2D eigenvalue weighted by molar-refractivity contribution is -0.126. The smallest absolute Gasteiger partial charge is 0.223 e. The van der Waals surface area contributed by atoms with Crippen molar-refractivity contribution in [2.75, 3.05) is 25.4 Å². The van der Waals surface area contributed by atoms with Crippen molar-refractivity contribution in [1.82, 2.24) is 10.2 Å². The highest BCUT2D eigenvalue weighted by molar-refractivity contribution is 7.98. The number of rotatable bonds is 8. The summed E-state index contributed by atoms with van der Waals surface area (Å²) in [5, 5.41) is 5.02. The number of piperidine rings is 1. The molecule has 0 bridgehead atoms. The molecule has 2 aromatic rings. The van der Waals surface area contributed by atoms with E-state index in [-0.39, 0.29) is 11.8 Å². The Hall–Kier alpha value is -0.910. The Labute approximate surface area is 192 Å². The topological polar surface area (TPSA) is 32.3 Å². The maximum absolute atomic E-state index is 12.4. The average molecular weight is 472 g/mol. The zero-order valence-electron chi connectivity index (χ0n) is 16.2. The summed E-state index contributed by atoms with van der Waals surface area (Å²) in [6.07, 6.45) is 1.81. The third-order valence-corrected chi connectivity index (χ3v) is 7.06. The van der Waals surface area contributed by atoms with Gasteiger partial charge in [-0.1, -0.05) is 53.0 Å². The molecule has 1 saturated heterocycles. The lowest BCUT2D eigenvalue weighted by Gasteiger charge is -2.31. The lowest BCUT2D eigenvalue weighted by atomic mass is 9.95. The molecule has 0 spiro atoms. The van der Waals surface area contributed by atoms with Crippen molar-refractivity contribution in [3.63, 3.8) is 0 Å². The molecule has 3 rings (SSSR count). The van der Waals surface area contributed by atoms with Gasteiger partial charge in [0.2, 0.25) is 5.91 Å². The van der Waals surface area contributed by atoms with E-state index in [0.29, 0.717) is 16.6 Å². The van der Waals surface area contributed by atoms with Crippen LogP contribution in [0.4, 0.5) is 0 Å². The number of carbonyl (C=O) groups is 1. The van der Waals surface area contributed by atoms with Crippen LogP contribution in [0.1, 0.15) is 24.0 Å². The Balaban J connectivity index is 1.31. The van der Waals surface area contributed by atoms with E-state index >= 15 is 0 Å². The van der Waals surface area contributed by atoms with Gasteiger partial charge < -0.3 is 5.32 Å². The van der Waals surface area contributed by atoms with E-state index < -0.39 is 0 Å². The Bertz CT molecular complexity index is 825. The van der Waals surface area contributed by atoms with Crippen molar-refractivity contribution in [2.45, 2.75) is 25.1 Å². The first-order valence-corrected chi connectivity index (χ1v) is 12.1. The van der Waals surface area contributed by atoms with E-state index in [2.05, 4.69) is 16.3 Å². The molecule has 7 heteroatoms. The second-order valence-corrected chi connectivity index (χ2v) is 9.63. The van der Waals surface area contributed by atoms with E-state index in [0.717, 1.165) is 54.6 Å². The highest BCUT2D eigenvalue weighted by Gasteiger charge is 2.24. The molecule has 1 aliphatic rings. The van der Waals surface area contributed by atoms with Crippen LogP contribution in [0, 0.1) is 5.92 Å². The summed E-state index contributed by atoms with van der Waals surface area (Å²) >= 11 is 19.8. The third-order valence-electron chi connectivity index (χ3n) is 5.05. The van der Waals surface area contributed by atoms with Crippen molar-refractivity contribution in [1.29, 1.82) is 0 Å². The van der Waals surface area contributed by atoms with Crippen molar-refractivity contribution in [3.8, 4) is 0 Å². The standard InChI is InChI=1S/C22H25Cl3N2OS/c23-19-3-1-2-16(12-19)14-27-9-6-18(7-10-27)22(28)26-8-11-29-15-17-4-5-20(24)21(25)13-17/h1-5,12-13,18H,6-11,14-15H2,(H,26,28). The lowest BCUT2D eigenvalue weighted by Crippen LogP contribution is -2.40. The van der Waals surface area contributed by atoms with Crippen LogP contribution < -0.4 is 5.32 Å². The van der Waals surface area contributed by atoms with Gasteiger partial charge in [-0.2, -0.15) is 11.8 Å². The Morgan fingerprint density at radius 2 is 1.83 bits per heavy atom. The summed E-state index contributed by atoms with van der Waals surface area (Å²) in [5.74, 6) is 2.03. The van der Waals surface area contributed by atoms with E-state index in [1.807, 2.05) is 36.4 Å². The molecular weight excluding hydrogens is 447 g/mol. The Kier molecular flexibility index (Phi) is 9.01. The van der Waals surface area contributed by atoms with Gasteiger partial charge in [-0.3, -0.25) is 9.69 Å². The SMILES string of the molecule is O=C(NCCSCc1ccc(Cl)c(Cl)c1)C1CCN(Cc2cccc(Cl)c2)CC1. The second-order valence-electron chi connectivity index (χ2n) is 7.27. The number of benzene rings is 2. The molecule has 0 saturated carbocycles. The van der Waals surface area contributed by atoms with Gasteiger partial charge in [0.25, 0.3) is 0 Å². The number of hydrogen-bond acceptors (Lipinski definition) is 3. The van der Waals surface area contributed by atoms with Gasteiger partial charge in [0.15, 0.2) is 0 Å². The van der Waals surface area contributed by atoms with Crippen LogP contribution in [0.5, 0.6) is 0 Å². The minimum absolute atomic E-state index is 0.116. The largest absolute Gasteiger partial charge is 0.355 e. The molecule has 0 aromatic heterocycles. The maximum atomic E-state index is 12.4. The van der Waals surface area contributed by atoms with Gasteiger partial charge in [0.05, 0.1) is 10.0 Å². The molecule has 1 aliphatic heterocycles. The van der Waals surface area contributed by atoms with Gasteiger partial charge >= 0.3 is 0 Å². The van der Waals surface area contributed by atoms with E-state index in [1.54, 1.807) is 11.8 Å². The molecule has 1 N–H and O–H groups in total. The fourth-order valence-electron chi connectivity index (χ4n) is 3.46. The minimum atomic E-state index is 0.116. The predicted octanol–water partition coefficient (Wildman–Crippen LogP) is 5.91. The summed E-state index contributed by atoms with van der Waals surface area (Å²) in [4.78, 5) is 14.8. The number of likely N-dealkylation sites (tertiary alicyclic amines) is 1. The molecular formula is C22H25Cl3N2OS. The van der Waals surface area contributed by atoms with Gasteiger partial charge in [-0.25, -0.2) is 0 Å². The number of nitrogens with one attached hydrogen (secondary N) is 1. The zero-order chi connectivity index (χ0) is 20.6. The van der Waals surface area contributed by atoms with Crippen LogP contribution in [0.25, 0.3) is 0 Å². The summed E-state index contributed by atoms with van der Waals surface area (Å²) in [5.41, 5.74) is 2.36. The first kappa shape index (κ1) is 22.8. The van der Waals surface area contributed by atoms with Crippen molar-refractivity contribution in [2.24, 2.45) is 5.92 Å². The number of amides is 1. The minimum Gasteiger partial charge on any atom is -0.355 e. The van der Waals surface area contributed by atoms with Crippen LogP contribution >= 0.6 is 46.6 Å². The molecule has 2 aromatic carbocycles. The van der Waals surface area contributed by atoms with Crippen molar-refractivity contribution < 1.29 is 4.79 Å². The highest BCUT2D eigenvalue weighted by Crippen LogP contribution is 2.25. The van der Waals surface area contributed by atoms with Gasteiger partial charge in [0, 0.05) is 35.5 Å². The molecule has 156 valence electrons. The number of hydrogen-bond donors (Lipinski definition) is 1. The summed E-state index contributed by atoms with van der Waals surface area (Å²) in [6.45, 7) is 3.46. The first-order valence-electron chi connectivity index (χ1n) is 9.77. The maximum Gasteiger partial charge on any atom is 0.223 e. The number of halogens is 3. The van der Waals surface area contributed by atoms with Gasteiger partial charge in [0.1, 0.15) is 0 Å². The quantitative estimate of drug-likeness (QED) is 0.486. The van der Waals surface area contributed by atoms with Crippen LogP contribution in [-0.2, 0) is 17.1 Å². The molecule has 3 nitrogen and oxygen atoms in total. The fourth-order valence-corrected chi connectivity index (χ4v) is 4.80. The molecule has 0 atom stereocenters. The number of nitrogens with zero attached hydrogens (tertiary/aromatic N) is 1. The summed E-state index contributed by atoms with van der Waals surface area (Å²) < 4.78 is 0. The monoisotopic (exact) mass is 470 g/mol. The summed E-state index contributed by atoms with van der Waals surface area (Å²) in [7, 11) is 0. The van der Waals surface area contributed by atoms with Crippen LogP contribution in [0.15, 0.2) is 42.5 Å². The molecule has 0 unspecified atom stereocenters. The van der Waals surface area contributed by atoms with Crippen molar-refractivity contribution in [3.05, 3.63) is 68.7 Å². The molecule has 29 heavy (non-hydrogen) atoms. The summed E-state index contributed by atoms with van der Waals surface area (Å²) in [6, 6.07) is 13.7. The van der Waals surface area contributed by atoms with Crippen LogP contribution in [0.2, 0.25) is 15.1 Å². The molecule has 0 radical (unpaired) electrons. The van der Waals surface area contributed by atoms with Gasteiger partial charge in [-0.05, 0) is 61.3 Å². The van der Waals surface area contributed by atoms with E-state index in [9.17, 15) is 4.79 Å². The molecule has 1 heterocycles. The zero-order valence-corrected chi connectivity index (χ0v) is 19.3.